The van der Waals surface area contributed by atoms with Gasteiger partial charge in [0.25, 0.3) is 0 Å². The van der Waals surface area contributed by atoms with E-state index in [1.54, 1.807) is 18.3 Å². The van der Waals surface area contributed by atoms with E-state index in [1.165, 1.54) is 32.4 Å². The highest BCUT2D eigenvalue weighted by molar-refractivity contribution is 5.51. The Morgan fingerprint density at radius 1 is 1.44 bits per heavy atom. The maximum absolute atomic E-state index is 8.99. The van der Waals surface area contributed by atoms with E-state index in [-0.39, 0.29) is 0 Å². The van der Waals surface area contributed by atoms with Gasteiger partial charge in [-0.2, -0.15) is 5.26 Å². The van der Waals surface area contributed by atoms with Crippen LogP contribution in [0, 0.1) is 11.3 Å². The number of nitrogens with zero attached hydrogens (tertiary/aromatic N) is 3. The molecule has 2 rings (SSSR count). The quantitative estimate of drug-likeness (QED) is 0.882. The van der Waals surface area contributed by atoms with Crippen LogP contribution < -0.4 is 5.32 Å². The van der Waals surface area contributed by atoms with E-state index >= 15 is 0 Å². The van der Waals surface area contributed by atoms with Gasteiger partial charge >= 0.3 is 0 Å². The van der Waals surface area contributed by atoms with E-state index in [0.717, 1.165) is 6.54 Å². The first-order chi connectivity index (χ1) is 8.81. The first kappa shape index (κ1) is 12.8. The lowest BCUT2D eigenvalue weighted by Crippen LogP contribution is -2.41. The molecular formula is C14H20N4. The minimum absolute atomic E-state index is 0.485. The van der Waals surface area contributed by atoms with E-state index < -0.39 is 0 Å². The van der Waals surface area contributed by atoms with Gasteiger partial charge in [-0.05, 0) is 45.0 Å². The Labute approximate surface area is 109 Å². The normalized spacial score (nSPS) is 18.0. The molecule has 2 heterocycles. The number of hydrogen-bond acceptors (Lipinski definition) is 4. The highest BCUT2D eigenvalue weighted by atomic mass is 15.2. The van der Waals surface area contributed by atoms with Crippen molar-refractivity contribution in [1.82, 2.24) is 9.88 Å². The molecule has 0 radical (unpaired) electrons. The summed E-state index contributed by atoms with van der Waals surface area (Å²) in [5.74, 6) is 0.698. The fourth-order valence-corrected chi connectivity index (χ4v) is 2.37. The van der Waals surface area contributed by atoms with Crippen molar-refractivity contribution in [2.45, 2.75) is 32.2 Å². The molecule has 1 unspecified atom stereocenters. The molecule has 1 aromatic rings. The van der Waals surface area contributed by atoms with Crippen LogP contribution in [0.3, 0.4) is 0 Å². The van der Waals surface area contributed by atoms with Gasteiger partial charge < -0.3 is 5.32 Å². The summed E-state index contributed by atoms with van der Waals surface area (Å²) >= 11 is 0. The van der Waals surface area contributed by atoms with Crippen LogP contribution in [0.25, 0.3) is 0 Å². The Balaban J connectivity index is 1.88. The summed E-state index contributed by atoms with van der Waals surface area (Å²) in [6, 6.07) is 6.23. The number of rotatable bonds is 4. The number of likely N-dealkylation sites (tertiary alicyclic amines) is 1. The third-order valence-electron chi connectivity index (χ3n) is 3.51. The number of nitrogens with one attached hydrogen (secondary N) is 1. The van der Waals surface area contributed by atoms with Gasteiger partial charge in [0, 0.05) is 18.8 Å². The summed E-state index contributed by atoms with van der Waals surface area (Å²) in [4.78, 5) is 6.72. The van der Waals surface area contributed by atoms with Crippen LogP contribution >= 0.6 is 0 Å². The summed E-state index contributed by atoms with van der Waals surface area (Å²) in [6.07, 6.45) is 5.68. The van der Waals surface area contributed by atoms with Gasteiger partial charge in [0.2, 0.25) is 0 Å². The van der Waals surface area contributed by atoms with Crippen LogP contribution in [-0.4, -0.2) is 35.6 Å². The van der Waals surface area contributed by atoms with Crippen molar-refractivity contribution in [3.05, 3.63) is 23.9 Å². The minimum Gasteiger partial charge on any atom is -0.367 e. The Hall–Kier alpha value is -1.60. The Morgan fingerprint density at radius 2 is 2.22 bits per heavy atom. The maximum atomic E-state index is 8.99. The van der Waals surface area contributed by atoms with Gasteiger partial charge in [0.15, 0.2) is 0 Å². The second-order valence-corrected chi connectivity index (χ2v) is 4.84. The SMILES string of the molecule is CC(CNc1ncccc1C#N)N1CCCCC1. The molecule has 0 saturated carbocycles. The molecular weight excluding hydrogens is 224 g/mol. The van der Waals surface area contributed by atoms with Crippen LogP contribution in [0.15, 0.2) is 18.3 Å². The highest BCUT2D eigenvalue weighted by Crippen LogP contribution is 2.14. The molecule has 96 valence electrons. The molecule has 0 bridgehead atoms. The van der Waals surface area contributed by atoms with Crippen molar-refractivity contribution in [1.29, 1.82) is 5.26 Å². The minimum atomic E-state index is 0.485. The second kappa shape index (κ2) is 6.36. The molecule has 1 fully saturated rings. The molecule has 1 atom stereocenters. The van der Waals surface area contributed by atoms with Crippen molar-refractivity contribution in [2.75, 3.05) is 25.0 Å². The number of hydrogen-bond donors (Lipinski definition) is 1. The van der Waals surface area contributed by atoms with Crippen molar-refractivity contribution in [2.24, 2.45) is 0 Å². The first-order valence-electron chi connectivity index (χ1n) is 6.64. The predicted molar refractivity (Wildman–Crippen MR) is 72.3 cm³/mol. The molecule has 1 saturated heterocycles. The third kappa shape index (κ3) is 3.21. The number of nitriles is 1. The Morgan fingerprint density at radius 3 is 2.94 bits per heavy atom. The topological polar surface area (TPSA) is 52.0 Å². The summed E-state index contributed by atoms with van der Waals surface area (Å²) < 4.78 is 0. The lowest BCUT2D eigenvalue weighted by atomic mass is 10.1. The smallest absolute Gasteiger partial charge is 0.143 e. The van der Waals surface area contributed by atoms with Crippen molar-refractivity contribution in [3.8, 4) is 6.07 Å². The van der Waals surface area contributed by atoms with Crippen molar-refractivity contribution >= 4 is 5.82 Å². The zero-order valence-electron chi connectivity index (χ0n) is 10.9. The van der Waals surface area contributed by atoms with Gasteiger partial charge in [0.05, 0.1) is 5.56 Å². The highest BCUT2D eigenvalue weighted by Gasteiger charge is 2.16. The number of anilines is 1. The van der Waals surface area contributed by atoms with Gasteiger partial charge in [-0.25, -0.2) is 4.98 Å². The third-order valence-corrected chi connectivity index (χ3v) is 3.51. The Bertz CT molecular complexity index is 418. The van der Waals surface area contributed by atoms with Crippen LogP contribution in [0.2, 0.25) is 0 Å². The van der Waals surface area contributed by atoms with Crippen LogP contribution in [0.1, 0.15) is 31.7 Å². The Kier molecular flexibility index (Phi) is 4.54. The van der Waals surface area contributed by atoms with E-state index in [9.17, 15) is 0 Å². The van der Waals surface area contributed by atoms with E-state index in [0.29, 0.717) is 17.4 Å². The van der Waals surface area contributed by atoms with Crippen LogP contribution in [0.4, 0.5) is 5.82 Å². The largest absolute Gasteiger partial charge is 0.367 e. The van der Waals surface area contributed by atoms with Gasteiger partial charge in [-0.1, -0.05) is 6.42 Å². The van der Waals surface area contributed by atoms with E-state index in [4.69, 9.17) is 5.26 Å². The molecule has 1 aliphatic heterocycles. The van der Waals surface area contributed by atoms with Gasteiger partial charge in [-0.15, -0.1) is 0 Å². The van der Waals surface area contributed by atoms with Crippen LogP contribution in [0.5, 0.6) is 0 Å². The summed E-state index contributed by atoms with van der Waals surface area (Å²) in [7, 11) is 0. The maximum Gasteiger partial charge on any atom is 0.143 e. The number of piperidine rings is 1. The first-order valence-corrected chi connectivity index (χ1v) is 6.64. The van der Waals surface area contributed by atoms with Gasteiger partial charge in [0.1, 0.15) is 11.9 Å². The molecule has 0 aliphatic carbocycles. The molecule has 4 nitrogen and oxygen atoms in total. The molecule has 0 spiro atoms. The van der Waals surface area contributed by atoms with E-state index in [2.05, 4.69) is 28.2 Å². The predicted octanol–water partition coefficient (Wildman–Crippen LogP) is 2.24. The standard InChI is InChI=1S/C14H20N4/c1-12(18-8-3-2-4-9-18)11-17-14-13(10-15)6-5-7-16-14/h5-7,12H,2-4,8-9,11H2,1H3,(H,16,17). The molecule has 1 aromatic heterocycles. The molecule has 0 aromatic carbocycles. The zero-order valence-corrected chi connectivity index (χ0v) is 10.9. The summed E-state index contributed by atoms with van der Waals surface area (Å²) in [5.41, 5.74) is 0.614. The summed E-state index contributed by atoms with van der Waals surface area (Å²) in [6.45, 7) is 5.45. The average molecular weight is 244 g/mol. The fourth-order valence-electron chi connectivity index (χ4n) is 2.37. The van der Waals surface area contributed by atoms with Crippen molar-refractivity contribution in [3.63, 3.8) is 0 Å². The zero-order chi connectivity index (χ0) is 12.8. The summed E-state index contributed by atoms with van der Waals surface area (Å²) in [5, 5.41) is 12.3. The number of aromatic nitrogens is 1. The number of pyridine rings is 1. The molecule has 0 amide bonds. The van der Waals surface area contributed by atoms with Crippen molar-refractivity contribution < 1.29 is 0 Å². The second-order valence-electron chi connectivity index (χ2n) is 4.84. The lowest BCUT2D eigenvalue weighted by Gasteiger charge is -2.32. The molecule has 18 heavy (non-hydrogen) atoms. The van der Waals surface area contributed by atoms with E-state index in [1.807, 2.05) is 0 Å². The fraction of sp³-hybridized carbons (Fsp3) is 0.571. The molecule has 1 N–H and O–H groups in total. The molecule has 4 heteroatoms. The molecule has 1 aliphatic rings. The van der Waals surface area contributed by atoms with Gasteiger partial charge in [-0.3, -0.25) is 4.90 Å². The van der Waals surface area contributed by atoms with Crippen LogP contribution in [-0.2, 0) is 0 Å². The lowest BCUT2D eigenvalue weighted by molar-refractivity contribution is 0.180. The average Bonchev–Trinajstić information content (AvgIpc) is 2.46. The monoisotopic (exact) mass is 244 g/mol.